The third kappa shape index (κ3) is 3.72. The van der Waals surface area contributed by atoms with Gasteiger partial charge in [-0.25, -0.2) is 5.43 Å². The number of aromatic amines is 1. The Balaban J connectivity index is 1.52. The number of hydrazone groups is 1. The maximum atomic E-state index is 12.6. The first-order valence-electron chi connectivity index (χ1n) is 9.01. The molecule has 0 aliphatic heterocycles. The van der Waals surface area contributed by atoms with Crippen LogP contribution in [-0.4, -0.2) is 24.2 Å². The fraction of sp³-hybridized carbons (Fsp3) is 0.0909. The van der Waals surface area contributed by atoms with Crippen LogP contribution in [0.15, 0.2) is 59.7 Å². The molecule has 0 saturated carbocycles. The van der Waals surface area contributed by atoms with Gasteiger partial charge < -0.3 is 15.5 Å². The van der Waals surface area contributed by atoms with Crippen LogP contribution in [-0.2, 0) is 0 Å². The van der Waals surface area contributed by atoms with Crippen molar-refractivity contribution in [1.29, 1.82) is 0 Å². The van der Waals surface area contributed by atoms with Crippen LogP contribution < -0.4 is 15.9 Å². The molecule has 0 spiro atoms. The number of thiophene rings is 1. The van der Waals surface area contributed by atoms with Crippen molar-refractivity contribution in [3.63, 3.8) is 0 Å². The lowest BCUT2D eigenvalue weighted by molar-refractivity contribution is 0.0960. The van der Waals surface area contributed by atoms with Crippen molar-refractivity contribution in [3.8, 4) is 16.2 Å². The second-order valence-corrected chi connectivity index (χ2v) is 7.58. The summed E-state index contributed by atoms with van der Waals surface area (Å²) < 4.78 is 5.18. The van der Waals surface area contributed by atoms with Crippen molar-refractivity contribution in [2.45, 2.75) is 6.92 Å². The van der Waals surface area contributed by atoms with Crippen molar-refractivity contribution < 1.29 is 9.53 Å². The number of ether oxygens (including phenoxy) is 1. The van der Waals surface area contributed by atoms with Crippen molar-refractivity contribution in [1.82, 2.24) is 10.4 Å². The van der Waals surface area contributed by atoms with Gasteiger partial charge in [0.15, 0.2) is 0 Å². The third-order valence-corrected chi connectivity index (χ3v) is 5.84. The summed E-state index contributed by atoms with van der Waals surface area (Å²) in [5.74, 6) is 0.444. The second-order valence-electron chi connectivity index (χ2n) is 6.53. The summed E-state index contributed by atoms with van der Waals surface area (Å²) in [4.78, 5) is 17.2. The summed E-state index contributed by atoms with van der Waals surface area (Å²) >= 11 is 1.33. The van der Waals surface area contributed by atoms with E-state index in [2.05, 4.69) is 15.5 Å². The number of amides is 1. The van der Waals surface area contributed by atoms with Crippen LogP contribution in [0.1, 0.15) is 20.9 Å². The van der Waals surface area contributed by atoms with Gasteiger partial charge in [-0.1, -0.05) is 18.2 Å². The molecule has 0 fully saturated rings. The second kappa shape index (κ2) is 7.81. The molecule has 7 heteroatoms. The van der Waals surface area contributed by atoms with Gasteiger partial charge in [-0.15, -0.1) is 11.3 Å². The number of rotatable bonds is 5. The summed E-state index contributed by atoms with van der Waals surface area (Å²) in [6.45, 7) is 1.97. The molecule has 0 aliphatic rings. The van der Waals surface area contributed by atoms with Gasteiger partial charge in [0.25, 0.3) is 5.91 Å². The number of para-hydroxylation sites is 1. The molecule has 4 aromatic rings. The predicted molar refractivity (Wildman–Crippen MR) is 119 cm³/mol. The topological polar surface area (TPSA) is 92.5 Å². The molecule has 29 heavy (non-hydrogen) atoms. The highest BCUT2D eigenvalue weighted by Gasteiger charge is 2.15. The maximum absolute atomic E-state index is 12.6. The number of nitrogens with one attached hydrogen (secondary N) is 2. The van der Waals surface area contributed by atoms with Crippen LogP contribution >= 0.6 is 11.3 Å². The summed E-state index contributed by atoms with van der Waals surface area (Å²) in [7, 11) is 1.62. The molecule has 0 saturated heterocycles. The minimum atomic E-state index is -0.332. The summed E-state index contributed by atoms with van der Waals surface area (Å²) in [5.41, 5.74) is 13.0. The molecule has 146 valence electrons. The smallest absolute Gasteiger partial charge is 0.283 e. The van der Waals surface area contributed by atoms with Crippen LogP contribution in [0.2, 0.25) is 0 Å². The molecule has 0 bridgehead atoms. The van der Waals surface area contributed by atoms with Crippen molar-refractivity contribution in [3.05, 3.63) is 70.7 Å². The zero-order valence-electron chi connectivity index (χ0n) is 16.0. The number of carbonyl (C=O) groups excluding carboxylic acids is 1. The van der Waals surface area contributed by atoms with E-state index in [1.165, 1.54) is 11.3 Å². The normalized spacial score (nSPS) is 11.2. The lowest BCUT2D eigenvalue weighted by atomic mass is 10.1. The van der Waals surface area contributed by atoms with E-state index in [0.717, 1.165) is 38.4 Å². The van der Waals surface area contributed by atoms with Crippen LogP contribution in [0.25, 0.3) is 21.3 Å². The number of anilines is 1. The van der Waals surface area contributed by atoms with E-state index in [-0.39, 0.29) is 5.91 Å². The molecule has 0 aliphatic carbocycles. The minimum Gasteiger partial charge on any atom is -0.497 e. The lowest BCUT2D eigenvalue weighted by Gasteiger charge is -2.00. The fourth-order valence-corrected chi connectivity index (χ4v) is 4.13. The third-order valence-electron chi connectivity index (χ3n) is 4.64. The first-order chi connectivity index (χ1) is 14.1. The van der Waals surface area contributed by atoms with Crippen LogP contribution in [0, 0.1) is 6.92 Å². The summed E-state index contributed by atoms with van der Waals surface area (Å²) in [5, 5.41) is 5.19. The molecule has 4 rings (SSSR count). The van der Waals surface area contributed by atoms with Gasteiger partial charge in [0.05, 0.1) is 19.0 Å². The zero-order chi connectivity index (χ0) is 20.4. The molecular formula is C22H20N4O2S. The Morgan fingerprint density at radius 3 is 2.72 bits per heavy atom. The molecule has 0 atom stereocenters. The number of carbonyl (C=O) groups is 1. The number of hydrogen-bond acceptors (Lipinski definition) is 5. The Morgan fingerprint density at radius 1 is 1.21 bits per heavy atom. The van der Waals surface area contributed by atoms with Gasteiger partial charge >= 0.3 is 0 Å². The van der Waals surface area contributed by atoms with E-state index >= 15 is 0 Å². The number of methoxy groups -OCH3 is 1. The van der Waals surface area contributed by atoms with Crippen molar-refractivity contribution in [2.24, 2.45) is 5.10 Å². The van der Waals surface area contributed by atoms with Gasteiger partial charge in [-0.2, -0.15) is 5.10 Å². The van der Waals surface area contributed by atoms with E-state index < -0.39 is 0 Å². The van der Waals surface area contributed by atoms with E-state index in [9.17, 15) is 4.79 Å². The molecule has 1 amide bonds. The van der Waals surface area contributed by atoms with Crippen LogP contribution in [0.3, 0.4) is 0 Å². The van der Waals surface area contributed by atoms with Gasteiger partial charge in [0.2, 0.25) is 0 Å². The van der Waals surface area contributed by atoms with Gasteiger partial charge in [-0.05, 0) is 48.9 Å². The summed E-state index contributed by atoms with van der Waals surface area (Å²) in [6.07, 6.45) is 1.65. The first kappa shape index (κ1) is 18.8. The summed E-state index contributed by atoms with van der Waals surface area (Å²) in [6, 6.07) is 17.4. The number of hydrogen-bond donors (Lipinski definition) is 3. The Hall–Kier alpha value is -3.58. The molecule has 2 aromatic heterocycles. The SMILES string of the molecule is COc1ccc(-c2cc(N)c(C(=O)N/N=C/c3c(C)[nH]c4ccccc34)s2)cc1. The van der Waals surface area contributed by atoms with E-state index in [1.807, 2.05) is 55.5 Å². The molecule has 4 N–H and O–H groups in total. The van der Waals surface area contributed by atoms with Crippen molar-refractivity contribution >= 4 is 40.0 Å². The highest BCUT2D eigenvalue weighted by Crippen LogP contribution is 2.34. The Morgan fingerprint density at radius 2 is 1.97 bits per heavy atom. The minimum absolute atomic E-state index is 0.332. The quantitative estimate of drug-likeness (QED) is 0.336. The average molecular weight is 404 g/mol. The molecule has 0 unspecified atom stereocenters. The lowest BCUT2D eigenvalue weighted by Crippen LogP contribution is -2.17. The number of aryl methyl sites for hydroxylation is 1. The highest BCUT2D eigenvalue weighted by atomic mass is 32.1. The Bertz CT molecular complexity index is 1210. The van der Waals surface area contributed by atoms with E-state index in [1.54, 1.807) is 19.4 Å². The molecule has 6 nitrogen and oxygen atoms in total. The highest BCUT2D eigenvalue weighted by molar-refractivity contribution is 7.18. The van der Waals surface area contributed by atoms with Gasteiger partial charge in [0, 0.05) is 27.0 Å². The molecule has 2 aromatic carbocycles. The van der Waals surface area contributed by atoms with E-state index in [4.69, 9.17) is 10.5 Å². The fourth-order valence-electron chi connectivity index (χ4n) is 3.15. The number of benzene rings is 2. The van der Waals surface area contributed by atoms with E-state index in [0.29, 0.717) is 10.6 Å². The molecule has 2 heterocycles. The Labute approximate surface area is 172 Å². The maximum Gasteiger partial charge on any atom is 0.283 e. The zero-order valence-corrected chi connectivity index (χ0v) is 16.8. The monoisotopic (exact) mass is 404 g/mol. The van der Waals surface area contributed by atoms with Gasteiger partial charge in [0.1, 0.15) is 10.6 Å². The molecule has 0 radical (unpaired) electrons. The number of nitrogen functional groups attached to an aromatic ring is 1. The number of aromatic nitrogens is 1. The van der Waals surface area contributed by atoms with Crippen LogP contribution in [0.5, 0.6) is 5.75 Å². The Kier molecular flexibility index (Phi) is 5.05. The number of H-pyrrole nitrogens is 1. The number of fused-ring (bicyclic) bond motifs is 1. The van der Waals surface area contributed by atoms with Gasteiger partial charge in [-0.3, -0.25) is 4.79 Å². The predicted octanol–water partition coefficient (Wildman–Crippen LogP) is 4.56. The average Bonchev–Trinajstić information content (AvgIpc) is 3.28. The largest absolute Gasteiger partial charge is 0.497 e. The standard InChI is InChI=1S/C22H20N4O2S/c1-13-17(16-5-3-4-6-19(16)25-13)12-24-26-22(27)21-18(23)11-20(29-21)14-7-9-15(28-2)10-8-14/h3-12,25H,23H2,1-2H3,(H,26,27)/b24-12+. The number of nitrogens with zero attached hydrogens (tertiary/aromatic N) is 1. The molecular weight excluding hydrogens is 384 g/mol. The first-order valence-corrected chi connectivity index (χ1v) is 9.83. The number of nitrogens with two attached hydrogens (primary N) is 1. The van der Waals surface area contributed by atoms with Crippen LogP contribution in [0.4, 0.5) is 5.69 Å². The van der Waals surface area contributed by atoms with Crippen molar-refractivity contribution in [2.75, 3.05) is 12.8 Å².